The van der Waals surface area contributed by atoms with Crippen molar-refractivity contribution < 1.29 is 0 Å². The number of halogens is 1. The molecule has 1 aliphatic rings. The summed E-state index contributed by atoms with van der Waals surface area (Å²) < 4.78 is 2.21. The Morgan fingerprint density at radius 2 is 2.24 bits per heavy atom. The monoisotopic (exact) mass is 462 g/mol. The number of aryl methyl sites for hydroxylation is 2. The molecule has 0 spiro atoms. The predicted octanol–water partition coefficient (Wildman–Crippen LogP) is 2.58. The van der Waals surface area contributed by atoms with Gasteiger partial charge in [-0.15, -0.1) is 24.0 Å². The molecule has 144 valence electrons. The van der Waals surface area contributed by atoms with Crippen molar-refractivity contribution in [3.8, 4) is 0 Å². The molecule has 0 saturated carbocycles. The highest BCUT2D eigenvalue weighted by Crippen LogP contribution is 2.17. The van der Waals surface area contributed by atoms with Crippen molar-refractivity contribution in [1.82, 2.24) is 24.7 Å². The average Bonchev–Trinajstić information content (AvgIpc) is 3.19. The van der Waals surface area contributed by atoms with Gasteiger partial charge >= 0.3 is 0 Å². The third-order valence-corrected chi connectivity index (χ3v) is 5.00. The van der Waals surface area contributed by atoms with Crippen LogP contribution in [0.2, 0.25) is 0 Å². The molecule has 0 bridgehead atoms. The number of aliphatic imine (C=N–C) groups is 1. The Bertz CT molecular complexity index is 515. The van der Waals surface area contributed by atoms with Crippen molar-refractivity contribution >= 4 is 29.9 Å². The fourth-order valence-corrected chi connectivity index (χ4v) is 3.55. The Morgan fingerprint density at radius 1 is 1.44 bits per heavy atom. The van der Waals surface area contributed by atoms with E-state index < -0.39 is 0 Å². The first-order valence-corrected chi connectivity index (χ1v) is 9.29. The van der Waals surface area contributed by atoms with Crippen molar-refractivity contribution in [3.05, 3.63) is 18.2 Å². The van der Waals surface area contributed by atoms with Crippen LogP contribution in [0.1, 0.15) is 38.4 Å². The fourth-order valence-electron chi connectivity index (χ4n) is 3.55. The van der Waals surface area contributed by atoms with Crippen LogP contribution in [0.25, 0.3) is 0 Å². The number of nitrogens with one attached hydrogen (secondary N) is 1. The van der Waals surface area contributed by atoms with Crippen LogP contribution in [0.3, 0.4) is 0 Å². The van der Waals surface area contributed by atoms with E-state index >= 15 is 0 Å². The van der Waals surface area contributed by atoms with Crippen LogP contribution in [0, 0.1) is 6.92 Å². The maximum Gasteiger partial charge on any atom is 0.193 e. The lowest BCUT2D eigenvalue weighted by Crippen LogP contribution is -2.46. The molecule has 7 heteroatoms. The SMILES string of the molecule is CCN1CCCC1CN(C)C(=NC)NCCCCn1ccnc1C.I. The number of unbranched alkanes of at least 4 members (excludes halogenated alkanes) is 1. The lowest BCUT2D eigenvalue weighted by atomic mass is 10.2. The van der Waals surface area contributed by atoms with Crippen LogP contribution in [-0.4, -0.2) is 71.6 Å². The van der Waals surface area contributed by atoms with Crippen LogP contribution >= 0.6 is 24.0 Å². The zero-order valence-electron chi connectivity index (χ0n) is 16.2. The number of hydrogen-bond donors (Lipinski definition) is 1. The van der Waals surface area contributed by atoms with Crippen molar-refractivity contribution in [2.75, 3.05) is 40.3 Å². The van der Waals surface area contributed by atoms with Crippen molar-refractivity contribution in [3.63, 3.8) is 0 Å². The molecule has 0 amide bonds. The summed E-state index contributed by atoms with van der Waals surface area (Å²) in [5, 5.41) is 3.50. The molecule has 1 aromatic heterocycles. The molecule has 1 atom stereocenters. The largest absolute Gasteiger partial charge is 0.356 e. The van der Waals surface area contributed by atoms with Gasteiger partial charge in [-0.3, -0.25) is 9.89 Å². The highest BCUT2D eigenvalue weighted by atomic mass is 127. The predicted molar refractivity (Wildman–Crippen MR) is 116 cm³/mol. The molecule has 1 saturated heterocycles. The molecule has 6 nitrogen and oxygen atoms in total. The molecule has 1 fully saturated rings. The maximum atomic E-state index is 4.44. The molecule has 2 heterocycles. The smallest absolute Gasteiger partial charge is 0.193 e. The van der Waals surface area contributed by atoms with Gasteiger partial charge in [-0.1, -0.05) is 6.92 Å². The van der Waals surface area contributed by atoms with Crippen molar-refractivity contribution in [2.45, 2.75) is 52.1 Å². The van der Waals surface area contributed by atoms with Crippen molar-refractivity contribution in [1.29, 1.82) is 0 Å². The van der Waals surface area contributed by atoms with Crippen LogP contribution in [0.4, 0.5) is 0 Å². The zero-order valence-corrected chi connectivity index (χ0v) is 18.6. The number of rotatable bonds is 8. The molecule has 25 heavy (non-hydrogen) atoms. The number of likely N-dealkylation sites (tertiary alicyclic amines) is 1. The zero-order chi connectivity index (χ0) is 17.4. The third kappa shape index (κ3) is 6.77. The third-order valence-electron chi connectivity index (χ3n) is 5.00. The van der Waals surface area contributed by atoms with Gasteiger partial charge in [0.2, 0.25) is 0 Å². The van der Waals surface area contributed by atoms with E-state index in [1.807, 2.05) is 13.2 Å². The molecule has 0 radical (unpaired) electrons. The molecule has 1 N–H and O–H groups in total. The molecular formula is C18H35IN6. The van der Waals surface area contributed by atoms with Gasteiger partial charge in [0, 0.05) is 52.2 Å². The van der Waals surface area contributed by atoms with Gasteiger partial charge in [0.1, 0.15) is 5.82 Å². The minimum Gasteiger partial charge on any atom is -0.356 e. The molecule has 2 rings (SSSR count). The molecule has 1 aromatic rings. The first-order chi connectivity index (χ1) is 11.7. The Labute approximate surface area is 170 Å². The number of aromatic nitrogens is 2. The maximum absolute atomic E-state index is 4.44. The number of hydrogen-bond acceptors (Lipinski definition) is 3. The normalized spacial score (nSPS) is 18.2. The molecular weight excluding hydrogens is 427 g/mol. The quantitative estimate of drug-likeness (QED) is 0.279. The minimum atomic E-state index is 0. The molecule has 0 aliphatic carbocycles. The van der Waals surface area contributed by atoms with E-state index in [4.69, 9.17) is 0 Å². The van der Waals surface area contributed by atoms with Gasteiger partial charge in [-0.25, -0.2) is 4.98 Å². The summed E-state index contributed by atoms with van der Waals surface area (Å²) in [7, 11) is 4.02. The molecule has 1 aliphatic heterocycles. The lowest BCUT2D eigenvalue weighted by molar-refractivity contribution is 0.232. The Balaban J connectivity index is 0.00000312. The van der Waals surface area contributed by atoms with E-state index in [0.717, 1.165) is 50.8 Å². The summed E-state index contributed by atoms with van der Waals surface area (Å²) in [6.45, 7) is 9.77. The van der Waals surface area contributed by atoms with Gasteiger partial charge < -0.3 is 14.8 Å². The summed E-state index contributed by atoms with van der Waals surface area (Å²) in [5.41, 5.74) is 0. The second-order valence-electron chi connectivity index (χ2n) is 6.65. The minimum absolute atomic E-state index is 0. The summed E-state index contributed by atoms with van der Waals surface area (Å²) in [6.07, 6.45) is 8.83. The highest BCUT2D eigenvalue weighted by molar-refractivity contribution is 14.0. The van der Waals surface area contributed by atoms with Gasteiger partial charge in [0.15, 0.2) is 5.96 Å². The Morgan fingerprint density at radius 3 is 2.88 bits per heavy atom. The fraction of sp³-hybridized carbons (Fsp3) is 0.778. The molecule has 1 unspecified atom stereocenters. The van der Waals surface area contributed by atoms with E-state index in [2.05, 4.69) is 56.8 Å². The van der Waals surface area contributed by atoms with Crippen LogP contribution in [0.5, 0.6) is 0 Å². The number of nitrogens with zero attached hydrogens (tertiary/aromatic N) is 5. The second-order valence-corrected chi connectivity index (χ2v) is 6.65. The molecule has 0 aromatic carbocycles. The summed E-state index contributed by atoms with van der Waals surface area (Å²) >= 11 is 0. The van der Waals surface area contributed by atoms with E-state index in [1.54, 1.807) is 0 Å². The summed E-state index contributed by atoms with van der Waals surface area (Å²) in [5.74, 6) is 2.10. The Hall–Kier alpha value is -0.830. The summed E-state index contributed by atoms with van der Waals surface area (Å²) in [6, 6.07) is 0.669. The van der Waals surface area contributed by atoms with Gasteiger partial charge in [-0.2, -0.15) is 0 Å². The Kier molecular flexibility index (Phi) is 10.4. The first kappa shape index (κ1) is 22.2. The standard InChI is InChI=1S/C18H34N6.HI/c1-5-23-13-8-9-17(23)15-22(4)18(19-3)21-10-6-7-12-24-14-11-20-16(24)2;/h11,14,17H,5-10,12-13,15H2,1-4H3,(H,19,21);1H. The van der Waals surface area contributed by atoms with E-state index in [0.29, 0.717) is 6.04 Å². The van der Waals surface area contributed by atoms with E-state index in [-0.39, 0.29) is 24.0 Å². The number of likely N-dealkylation sites (N-methyl/N-ethyl adjacent to an activating group) is 2. The highest BCUT2D eigenvalue weighted by Gasteiger charge is 2.24. The van der Waals surface area contributed by atoms with E-state index in [1.165, 1.54) is 19.4 Å². The first-order valence-electron chi connectivity index (χ1n) is 9.29. The lowest BCUT2D eigenvalue weighted by Gasteiger charge is -2.29. The van der Waals surface area contributed by atoms with Gasteiger partial charge in [-0.05, 0) is 45.7 Å². The van der Waals surface area contributed by atoms with Crippen LogP contribution < -0.4 is 5.32 Å². The topological polar surface area (TPSA) is 48.7 Å². The van der Waals surface area contributed by atoms with Crippen molar-refractivity contribution in [2.24, 2.45) is 4.99 Å². The van der Waals surface area contributed by atoms with Gasteiger partial charge in [0.05, 0.1) is 0 Å². The summed E-state index contributed by atoms with van der Waals surface area (Å²) in [4.78, 5) is 13.6. The number of guanidine groups is 1. The number of imidazole rings is 1. The van der Waals surface area contributed by atoms with Gasteiger partial charge in [0.25, 0.3) is 0 Å². The average molecular weight is 462 g/mol. The second kappa shape index (κ2) is 11.7. The van der Waals surface area contributed by atoms with E-state index in [9.17, 15) is 0 Å². The van der Waals surface area contributed by atoms with Crippen LogP contribution in [-0.2, 0) is 6.54 Å². The van der Waals surface area contributed by atoms with Crippen LogP contribution in [0.15, 0.2) is 17.4 Å².